The van der Waals surface area contributed by atoms with Crippen molar-refractivity contribution in [3.8, 4) is 0 Å². The Labute approximate surface area is 127 Å². The maximum Gasteiger partial charge on any atom is 0.0558 e. The minimum atomic E-state index is 0.265. The zero-order valence-corrected chi connectivity index (χ0v) is 14.5. The standard InChI is InChI=1S/C17H38N2O/c1-6-10-17(5,14-18-11-7-2)15-19(12-13-20)16(8-3)9-4/h16,18,20H,6-15H2,1-5H3. The molecule has 20 heavy (non-hydrogen) atoms. The Morgan fingerprint density at radius 2 is 1.75 bits per heavy atom. The predicted octanol–water partition coefficient (Wildman–Crippen LogP) is 3.28. The molecule has 0 aromatic rings. The zero-order valence-electron chi connectivity index (χ0n) is 14.5. The number of hydrogen-bond donors (Lipinski definition) is 2. The molecule has 3 nitrogen and oxygen atoms in total. The molecule has 0 fully saturated rings. The molecule has 2 N–H and O–H groups in total. The highest BCUT2D eigenvalue weighted by Gasteiger charge is 2.28. The highest BCUT2D eigenvalue weighted by Crippen LogP contribution is 2.26. The number of hydrogen-bond acceptors (Lipinski definition) is 3. The fourth-order valence-corrected chi connectivity index (χ4v) is 3.21. The summed E-state index contributed by atoms with van der Waals surface area (Å²) >= 11 is 0. The summed E-state index contributed by atoms with van der Waals surface area (Å²) in [4.78, 5) is 2.50. The third-order valence-corrected chi connectivity index (χ3v) is 4.26. The van der Waals surface area contributed by atoms with Gasteiger partial charge in [-0.05, 0) is 37.6 Å². The molecule has 0 aromatic carbocycles. The van der Waals surface area contributed by atoms with Gasteiger partial charge in [-0.1, -0.05) is 41.0 Å². The third-order valence-electron chi connectivity index (χ3n) is 4.26. The minimum absolute atomic E-state index is 0.265. The molecule has 3 heteroatoms. The van der Waals surface area contributed by atoms with Gasteiger partial charge in [0.1, 0.15) is 0 Å². The summed E-state index contributed by atoms with van der Waals surface area (Å²) in [6, 6.07) is 0.601. The number of nitrogens with zero attached hydrogens (tertiary/aromatic N) is 1. The van der Waals surface area contributed by atoms with E-state index < -0.39 is 0 Å². The zero-order chi connectivity index (χ0) is 15.4. The van der Waals surface area contributed by atoms with Crippen LogP contribution >= 0.6 is 0 Å². The Morgan fingerprint density at radius 1 is 1.10 bits per heavy atom. The van der Waals surface area contributed by atoms with Gasteiger partial charge in [0.2, 0.25) is 0 Å². The lowest BCUT2D eigenvalue weighted by molar-refractivity contribution is 0.0844. The van der Waals surface area contributed by atoms with Gasteiger partial charge in [0.25, 0.3) is 0 Å². The van der Waals surface area contributed by atoms with Crippen LogP contribution in [0.2, 0.25) is 0 Å². The van der Waals surface area contributed by atoms with Crippen LogP contribution in [0.4, 0.5) is 0 Å². The molecule has 0 saturated heterocycles. The second-order valence-corrected chi connectivity index (χ2v) is 6.40. The van der Waals surface area contributed by atoms with E-state index in [2.05, 4.69) is 44.8 Å². The van der Waals surface area contributed by atoms with Gasteiger partial charge in [0.05, 0.1) is 6.61 Å². The lowest BCUT2D eigenvalue weighted by atomic mass is 9.84. The van der Waals surface area contributed by atoms with Crippen molar-refractivity contribution >= 4 is 0 Å². The van der Waals surface area contributed by atoms with Gasteiger partial charge in [-0.15, -0.1) is 0 Å². The summed E-state index contributed by atoms with van der Waals surface area (Å²) < 4.78 is 0. The van der Waals surface area contributed by atoms with Crippen molar-refractivity contribution in [1.82, 2.24) is 10.2 Å². The van der Waals surface area contributed by atoms with Crippen molar-refractivity contribution in [2.75, 3.05) is 32.8 Å². The Kier molecular flexibility index (Phi) is 11.5. The summed E-state index contributed by atoms with van der Waals surface area (Å²) in [6.07, 6.45) is 5.99. The van der Waals surface area contributed by atoms with Crippen LogP contribution in [0.5, 0.6) is 0 Å². The molecule has 0 saturated carbocycles. The molecule has 0 heterocycles. The summed E-state index contributed by atoms with van der Waals surface area (Å²) in [6.45, 7) is 15.7. The molecule has 0 aromatic heterocycles. The molecule has 1 atom stereocenters. The second-order valence-electron chi connectivity index (χ2n) is 6.40. The predicted molar refractivity (Wildman–Crippen MR) is 89.2 cm³/mol. The maximum atomic E-state index is 9.36. The molecule has 0 aliphatic rings. The average molecular weight is 287 g/mol. The van der Waals surface area contributed by atoms with E-state index in [1.54, 1.807) is 0 Å². The van der Waals surface area contributed by atoms with Crippen molar-refractivity contribution in [1.29, 1.82) is 0 Å². The normalized spacial score (nSPS) is 15.0. The Morgan fingerprint density at radius 3 is 2.20 bits per heavy atom. The van der Waals surface area contributed by atoms with E-state index in [0.29, 0.717) is 11.5 Å². The maximum absolute atomic E-state index is 9.36. The van der Waals surface area contributed by atoms with E-state index in [9.17, 15) is 5.11 Å². The molecule has 122 valence electrons. The van der Waals surface area contributed by atoms with Gasteiger partial charge in [-0.25, -0.2) is 0 Å². The van der Waals surface area contributed by atoms with E-state index in [1.807, 2.05) is 0 Å². The number of aliphatic hydroxyl groups excluding tert-OH is 1. The summed E-state index contributed by atoms with van der Waals surface area (Å²) in [5.74, 6) is 0. The fourth-order valence-electron chi connectivity index (χ4n) is 3.21. The molecule has 1 unspecified atom stereocenters. The van der Waals surface area contributed by atoms with Crippen LogP contribution in [-0.2, 0) is 0 Å². The molecule has 0 aliphatic heterocycles. The van der Waals surface area contributed by atoms with Gasteiger partial charge in [0.15, 0.2) is 0 Å². The Bertz CT molecular complexity index is 219. The molecule has 0 aliphatic carbocycles. The quantitative estimate of drug-likeness (QED) is 0.510. The van der Waals surface area contributed by atoms with Crippen molar-refractivity contribution in [2.24, 2.45) is 5.41 Å². The highest BCUT2D eigenvalue weighted by atomic mass is 16.3. The van der Waals surface area contributed by atoms with Gasteiger partial charge in [-0.3, -0.25) is 4.90 Å². The molecular formula is C17H38N2O. The lowest BCUT2D eigenvalue weighted by Crippen LogP contribution is -2.47. The fraction of sp³-hybridized carbons (Fsp3) is 1.00. The van der Waals surface area contributed by atoms with Crippen LogP contribution in [0.3, 0.4) is 0 Å². The monoisotopic (exact) mass is 286 g/mol. The van der Waals surface area contributed by atoms with Crippen LogP contribution in [0, 0.1) is 5.41 Å². The van der Waals surface area contributed by atoms with Crippen molar-refractivity contribution in [2.45, 2.75) is 72.8 Å². The first-order valence-electron chi connectivity index (χ1n) is 8.62. The van der Waals surface area contributed by atoms with E-state index in [0.717, 1.165) is 26.2 Å². The van der Waals surface area contributed by atoms with Gasteiger partial charge < -0.3 is 10.4 Å². The first-order valence-corrected chi connectivity index (χ1v) is 8.62. The lowest BCUT2D eigenvalue weighted by Gasteiger charge is -2.39. The number of aliphatic hydroxyl groups is 1. The average Bonchev–Trinajstić information content (AvgIpc) is 2.41. The molecule has 0 spiro atoms. The van der Waals surface area contributed by atoms with Gasteiger partial charge >= 0.3 is 0 Å². The number of rotatable bonds is 13. The Hall–Kier alpha value is -0.120. The van der Waals surface area contributed by atoms with E-state index in [4.69, 9.17) is 0 Å². The molecule has 0 amide bonds. The largest absolute Gasteiger partial charge is 0.395 e. The van der Waals surface area contributed by atoms with Crippen molar-refractivity contribution in [3.05, 3.63) is 0 Å². The van der Waals surface area contributed by atoms with E-state index in [1.165, 1.54) is 32.1 Å². The second kappa shape index (κ2) is 11.5. The number of nitrogens with one attached hydrogen (secondary N) is 1. The minimum Gasteiger partial charge on any atom is -0.395 e. The van der Waals surface area contributed by atoms with E-state index >= 15 is 0 Å². The topological polar surface area (TPSA) is 35.5 Å². The van der Waals surface area contributed by atoms with Gasteiger partial charge in [0, 0.05) is 25.7 Å². The van der Waals surface area contributed by atoms with Gasteiger partial charge in [-0.2, -0.15) is 0 Å². The molecule has 0 radical (unpaired) electrons. The van der Waals surface area contributed by atoms with Crippen LogP contribution in [0.25, 0.3) is 0 Å². The van der Waals surface area contributed by atoms with E-state index in [-0.39, 0.29) is 6.61 Å². The van der Waals surface area contributed by atoms with Crippen LogP contribution < -0.4 is 5.32 Å². The summed E-state index contributed by atoms with van der Waals surface area (Å²) in [5.41, 5.74) is 0.307. The SMILES string of the molecule is CCCNCC(C)(CCC)CN(CCO)C(CC)CC. The summed E-state index contributed by atoms with van der Waals surface area (Å²) in [5, 5.41) is 13.0. The molecule has 0 bridgehead atoms. The smallest absolute Gasteiger partial charge is 0.0558 e. The third kappa shape index (κ3) is 7.61. The van der Waals surface area contributed by atoms with Crippen LogP contribution in [0.1, 0.15) is 66.7 Å². The summed E-state index contributed by atoms with van der Waals surface area (Å²) in [7, 11) is 0. The van der Waals surface area contributed by atoms with Crippen molar-refractivity contribution in [3.63, 3.8) is 0 Å². The molecule has 0 rings (SSSR count). The van der Waals surface area contributed by atoms with Crippen LogP contribution in [-0.4, -0.2) is 48.8 Å². The Balaban J connectivity index is 4.69. The van der Waals surface area contributed by atoms with Crippen molar-refractivity contribution < 1.29 is 5.11 Å². The van der Waals surface area contributed by atoms with Crippen LogP contribution in [0.15, 0.2) is 0 Å². The first kappa shape index (κ1) is 19.9. The molecular weight excluding hydrogens is 248 g/mol. The first-order chi connectivity index (χ1) is 9.56. The highest BCUT2D eigenvalue weighted by molar-refractivity contribution is 4.83.